The van der Waals surface area contributed by atoms with E-state index in [4.69, 9.17) is 4.55 Å². The molecule has 0 aliphatic carbocycles. The molecule has 4 heavy (non-hydrogen) atoms. The quantitative estimate of drug-likeness (QED) is 0.378. The Morgan fingerprint density at radius 1 is 2.00 bits per heavy atom. The second-order valence-electron chi connectivity index (χ2n) is 0.149. The first-order valence-corrected chi connectivity index (χ1v) is 1.60. The van der Waals surface area contributed by atoms with Gasteiger partial charge in [-0.3, -0.25) is 0 Å². The Labute approximate surface area is 34.2 Å². The van der Waals surface area contributed by atoms with Gasteiger partial charge in [-0.2, -0.15) is 0 Å². The Morgan fingerprint density at radius 2 is 2.25 bits per heavy atom. The van der Waals surface area contributed by atoms with E-state index in [-0.39, 0.29) is 12.3 Å². The molecular formula is H2O2S2. The topological polar surface area (TPSA) is 29.5 Å². The van der Waals surface area contributed by atoms with Gasteiger partial charge in [0.15, 0.2) is 12.3 Å². The van der Waals surface area contributed by atoms with Crippen LogP contribution >= 0.6 is 25.2 Å². The minimum atomic E-state index is 0.221. The lowest BCUT2D eigenvalue weighted by atomic mass is 15.8. The van der Waals surface area contributed by atoms with Crippen molar-refractivity contribution in [1.82, 2.24) is 0 Å². The van der Waals surface area contributed by atoms with E-state index in [9.17, 15) is 0 Å². The molecule has 0 saturated carbocycles. The van der Waals surface area contributed by atoms with E-state index in [1.165, 1.54) is 0 Å². The second kappa shape index (κ2) is 3.62. The third kappa shape index (κ3) is 2.62. The van der Waals surface area contributed by atoms with Crippen LogP contribution < -0.4 is 0 Å². The molecule has 0 aliphatic heterocycles. The molecule has 0 bridgehead atoms. The number of thiol groups is 1. The van der Waals surface area contributed by atoms with Crippen molar-refractivity contribution in [3.8, 4) is 0 Å². The summed E-state index contributed by atoms with van der Waals surface area (Å²) in [6.45, 7) is 0. The van der Waals surface area contributed by atoms with Crippen LogP contribution in [0.1, 0.15) is 0 Å². The van der Waals surface area contributed by atoms with Crippen molar-refractivity contribution in [3.05, 3.63) is 0 Å². The predicted molar refractivity (Wildman–Crippen MR) is 20.3 cm³/mol. The van der Waals surface area contributed by atoms with Gasteiger partial charge >= 0.3 is 0 Å². The highest BCUT2D eigenvalue weighted by Gasteiger charge is 1.57. The van der Waals surface area contributed by atoms with E-state index in [2.05, 4.69) is 16.5 Å². The maximum Gasteiger partial charge on any atom is 0.168 e. The molecule has 0 rings (SSSR count). The molecule has 0 aromatic heterocycles. The first-order chi connectivity index (χ1) is 1.91. The molecule has 1 N–H and O–H groups in total. The Balaban J connectivity index is 1.97. The monoisotopic (exact) mass is 97.9 g/mol. The van der Waals surface area contributed by atoms with Gasteiger partial charge in [-0.25, -0.2) is 3.63 Å². The number of rotatable bonds is 1. The van der Waals surface area contributed by atoms with Crippen LogP contribution in [0.15, 0.2) is 0 Å². The van der Waals surface area contributed by atoms with Crippen LogP contribution in [0.25, 0.3) is 0 Å². The highest BCUT2D eigenvalue weighted by Crippen LogP contribution is 1.93. The molecule has 0 amide bonds. The maximum absolute atomic E-state index is 7.49. The van der Waals surface area contributed by atoms with Crippen LogP contribution in [0.2, 0.25) is 0 Å². The smallest absolute Gasteiger partial charge is 0.168 e. The first-order valence-electron chi connectivity index (χ1n) is 0.532. The fourth-order valence-corrected chi connectivity index (χ4v) is 0. The van der Waals surface area contributed by atoms with E-state index in [1.54, 1.807) is 0 Å². The summed E-state index contributed by atoms with van der Waals surface area (Å²) in [6, 6.07) is 0. The summed E-state index contributed by atoms with van der Waals surface area (Å²) in [5.74, 6) is 0. The third-order valence-corrected chi connectivity index (χ3v) is 0.300. The lowest BCUT2D eigenvalue weighted by Gasteiger charge is -1.69. The molecule has 0 fully saturated rings. The van der Waals surface area contributed by atoms with Crippen LogP contribution in [0.4, 0.5) is 0 Å². The van der Waals surface area contributed by atoms with Crippen LogP contribution in [-0.2, 0) is 3.63 Å². The third-order valence-electron chi connectivity index (χ3n) is 0.0333. The minimum Gasteiger partial charge on any atom is -0.306 e. The van der Waals surface area contributed by atoms with E-state index >= 15 is 0 Å². The molecule has 0 atom stereocenters. The van der Waals surface area contributed by atoms with Crippen molar-refractivity contribution >= 4 is 25.2 Å². The molecular weight excluding hydrogens is 96.1 g/mol. The van der Waals surface area contributed by atoms with Crippen molar-refractivity contribution in [2.75, 3.05) is 0 Å². The van der Waals surface area contributed by atoms with Gasteiger partial charge in [0.2, 0.25) is 0 Å². The molecule has 0 spiro atoms. The molecule has 0 unspecified atom stereocenters. The van der Waals surface area contributed by atoms with Crippen LogP contribution in [0, 0.1) is 0 Å². The summed E-state index contributed by atoms with van der Waals surface area (Å²) in [5.41, 5.74) is 0. The summed E-state index contributed by atoms with van der Waals surface area (Å²) >= 11 is 3.35. The first kappa shape index (κ1) is 4.62. The minimum absolute atomic E-state index is 0.221. The zero-order valence-corrected chi connectivity index (χ0v) is 3.42. The van der Waals surface area contributed by atoms with Gasteiger partial charge in [-0.1, -0.05) is 0 Å². The molecule has 0 aromatic carbocycles. The van der Waals surface area contributed by atoms with Gasteiger partial charge in [0.1, 0.15) is 0 Å². The molecule has 0 saturated heterocycles. The Hall–Kier alpha value is 0.620. The molecule has 4 heteroatoms. The molecule has 26 valence electrons. The zero-order chi connectivity index (χ0) is 3.41. The average Bonchev–Trinajstić information content (AvgIpc) is 1.37. The summed E-state index contributed by atoms with van der Waals surface area (Å²) in [5, 5.41) is 0. The Bertz CT molecular complexity index is 6.00. The fourth-order valence-electron chi connectivity index (χ4n) is 0. The summed E-state index contributed by atoms with van der Waals surface area (Å²) in [7, 11) is 0. The SMILES string of the molecule is OSOS. The molecule has 0 heterocycles. The second-order valence-corrected chi connectivity index (χ2v) is 0.894. The van der Waals surface area contributed by atoms with Gasteiger partial charge < -0.3 is 4.55 Å². The van der Waals surface area contributed by atoms with Gasteiger partial charge in [0.25, 0.3) is 0 Å². The van der Waals surface area contributed by atoms with Gasteiger partial charge in [0.05, 0.1) is 0 Å². The van der Waals surface area contributed by atoms with Crippen molar-refractivity contribution in [3.63, 3.8) is 0 Å². The Morgan fingerprint density at radius 3 is 2.25 bits per heavy atom. The van der Waals surface area contributed by atoms with Crippen LogP contribution in [0.5, 0.6) is 0 Å². The average molecular weight is 98.1 g/mol. The highest BCUT2D eigenvalue weighted by molar-refractivity contribution is 7.97. The summed E-state index contributed by atoms with van der Waals surface area (Å²) in [6.07, 6.45) is 0. The van der Waals surface area contributed by atoms with E-state index < -0.39 is 0 Å². The normalized spacial score (nSPS) is 7.50. The standard InChI is InChI=1S/H2O2S2/c1-4-2-3/h1,3H. The van der Waals surface area contributed by atoms with E-state index in [0.717, 1.165) is 0 Å². The molecule has 0 radical (unpaired) electrons. The van der Waals surface area contributed by atoms with Crippen LogP contribution in [0.3, 0.4) is 0 Å². The maximum atomic E-state index is 7.49. The predicted octanol–water partition coefficient (Wildman–Crippen LogP) is 0.969. The molecule has 0 aromatic rings. The fraction of sp³-hybridized carbons (Fsp3) is 0. The van der Waals surface area contributed by atoms with Gasteiger partial charge in [-0.05, 0) is 12.9 Å². The van der Waals surface area contributed by atoms with Gasteiger partial charge in [0, 0.05) is 0 Å². The molecule has 2 nitrogen and oxygen atoms in total. The van der Waals surface area contributed by atoms with Crippen molar-refractivity contribution in [1.29, 1.82) is 0 Å². The summed E-state index contributed by atoms with van der Waals surface area (Å²) in [4.78, 5) is 0. The van der Waals surface area contributed by atoms with Crippen molar-refractivity contribution in [2.24, 2.45) is 0 Å². The lowest BCUT2D eigenvalue weighted by Crippen LogP contribution is -1.41. The number of hydrogen-bond donors (Lipinski definition) is 2. The largest absolute Gasteiger partial charge is 0.306 e. The zero-order valence-electron chi connectivity index (χ0n) is 1.71. The molecule has 0 aliphatic rings. The van der Waals surface area contributed by atoms with E-state index in [1.807, 2.05) is 0 Å². The van der Waals surface area contributed by atoms with Gasteiger partial charge in [-0.15, -0.1) is 0 Å². The van der Waals surface area contributed by atoms with Crippen molar-refractivity contribution < 1.29 is 8.18 Å². The number of hydrogen-bond acceptors (Lipinski definition) is 4. The lowest BCUT2D eigenvalue weighted by molar-refractivity contribution is 0.587. The highest BCUT2D eigenvalue weighted by atomic mass is 32.2. The summed E-state index contributed by atoms with van der Waals surface area (Å²) < 4.78 is 11.2. The van der Waals surface area contributed by atoms with Crippen LogP contribution in [-0.4, -0.2) is 4.55 Å². The Kier molecular flexibility index (Phi) is 4.18. The van der Waals surface area contributed by atoms with E-state index in [0.29, 0.717) is 0 Å². The van der Waals surface area contributed by atoms with Crippen molar-refractivity contribution in [2.45, 2.75) is 0 Å².